The Kier molecular flexibility index (Phi) is 6.87. The summed E-state index contributed by atoms with van der Waals surface area (Å²) in [6.45, 7) is 2.77. The summed E-state index contributed by atoms with van der Waals surface area (Å²) < 4.78 is 5.19. The molecule has 164 valence electrons. The first-order valence-corrected chi connectivity index (χ1v) is 11.3. The Morgan fingerprint density at radius 3 is 2.62 bits per heavy atom. The van der Waals surface area contributed by atoms with E-state index in [1.54, 1.807) is 12.0 Å². The van der Waals surface area contributed by atoms with E-state index in [9.17, 15) is 9.59 Å². The Bertz CT molecular complexity index is 1160. The van der Waals surface area contributed by atoms with Crippen LogP contribution in [0.5, 0.6) is 0 Å². The molecule has 0 saturated carbocycles. The van der Waals surface area contributed by atoms with E-state index in [1.165, 1.54) is 11.8 Å². The maximum absolute atomic E-state index is 13.1. The fourth-order valence-electron chi connectivity index (χ4n) is 3.54. The number of hydrogen-bond acceptors (Lipinski definition) is 5. The molecule has 3 aromatic rings. The number of nitrogens with zero attached hydrogens (tertiary/aromatic N) is 2. The smallest absolute Gasteiger partial charge is 0.242 e. The molecule has 0 radical (unpaired) electrons. The van der Waals surface area contributed by atoms with E-state index >= 15 is 0 Å². The standard InChI is InChI=1S/C25H25N3O3S/c1-17-10-12-19(13-11-17)26-23(29)16-22-24(30)28(14-15-31-2)25(32-22)27-21-9-5-7-18-6-3-4-8-20(18)21/h3-13,22H,14-16H2,1-2H3,(H,26,29). The third-order valence-electron chi connectivity index (χ3n) is 5.23. The summed E-state index contributed by atoms with van der Waals surface area (Å²) in [6.07, 6.45) is 0.0788. The topological polar surface area (TPSA) is 71.0 Å². The molecule has 1 N–H and O–H groups in total. The van der Waals surface area contributed by atoms with Crippen molar-refractivity contribution in [2.24, 2.45) is 4.99 Å². The van der Waals surface area contributed by atoms with Crippen molar-refractivity contribution in [2.75, 3.05) is 25.6 Å². The predicted octanol–water partition coefficient (Wildman–Crippen LogP) is 4.75. The van der Waals surface area contributed by atoms with Crippen molar-refractivity contribution in [3.05, 3.63) is 72.3 Å². The monoisotopic (exact) mass is 447 g/mol. The molecule has 1 unspecified atom stereocenters. The van der Waals surface area contributed by atoms with Crippen LogP contribution in [0.4, 0.5) is 11.4 Å². The molecule has 1 saturated heterocycles. The largest absolute Gasteiger partial charge is 0.383 e. The van der Waals surface area contributed by atoms with Crippen LogP contribution in [-0.4, -0.2) is 47.4 Å². The third-order valence-corrected chi connectivity index (χ3v) is 6.40. The Morgan fingerprint density at radius 2 is 1.84 bits per heavy atom. The number of carbonyl (C=O) groups is 2. The first-order chi connectivity index (χ1) is 15.5. The second kappa shape index (κ2) is 9.97. The van der Waals surface area contributed by atoms with Gasteiger partial charge >= 0.3 is 0 Å². The number of amides is 2. The minimum atomic E-state index is -0.522. The number of carbonyl (C=O) groups excluding carboxylic acids is 2. The van der Waals surface area contributed by atoms with Gasteiger partial charge in [0.25, 0.3) is 0 Å². The second-order valence-electron chi connectivity index (χ2n) is 7.60. The van der Waals surface area contributed by atoms with E-state index in [1.807, 2.05) is 73.7 Å². The van der Waals surface area contributed by atoms with Crippen LogP contribution in [0.3, 0.4) is 0 Å². The minimum Gasteiger partial charge on any atom is -0.383 e. The van der Waals surface area contributed by atoms with E-state index in [2.05, 4.69) is 5.32 Å². The number of rotatable bonds is 7. The van der Waals surface area contributed by atoms with Gasteiger partial charge in [0.15, 0.2) is 5.17 Å². The normalized spacial score (nSPS) is 17.3. The number of aryl methyl sites for hydroxylation is 1. The Balaban J connectivity index is 1.55. The van der Waals surface area contributed by atoms with Crippen LogP contribution in [0, 0.1) is 6.92 Å². The van der Waals surface area contributed by atoms with E-state index in [0.717, 1.165) is 27.7 Å². The van der Waals surface area contributed by atoms with Gasteiger partial charge in [-0.15, -0.1) is 0 Å². The summed E-state index contributed by atoms with van der Waals surface area (Å²) in [6, 6.07) is 21.5. The van der Waals surface area contributed by atoms with Crippen LogP contribution in [-0.2, 0) is 14.3 Å². The minimum absolute atomic E-state index is 0.0788. The quantitative estimate of drug-likeness (QED) is 0.567. The van der Waals surface area contributed by atoms with Crippen molar-refractivity contribution in [2.45, 2.75) is 18.6 Å². The number of amidine groups is 1. The highest BCUT2D eigenvalue weighted by molar-refractivity contribution is 8.15. The SMILES string of the molecule is COCCN1C(=O)C(CC(=O)Nc2ccc(C)cc2)SC1=Nc1cccc2ccccc12. The van der Waals surface area contributed by atoms with E-state index in [-0.39, 0.29) is 18.2 Å². The fraction of sp³-hybridized carbons (Fsp3) is 0.240. The van der Waals surface area contributed by atoms with Crippen molar-refractivity contribution in [1.29, 1.82) is 0 Å². The van der Waals surface area contributed by atoms with Crippen LogP contribution in [0.25, 0.3) is 10.8 Å². The van der Waals surface area contributed by atoms with Crippen LogP contribution in [0.15, 0.2) is 71.7 Å². The van der Waals surface area contributed by atoms with Crippen molar-refractivity contribution < 1.29 is 14.3 Å². The van der Waals surface area contributed by atoms with Gasteiger partial charge in [-0.3, -0.25) is 14.5 Å². The number of ether oxygens (including phenoxy) is 1. The average molecular weight is 448 g/mol. The average Bonchev–Trinajstić information content (AvgIpc) is 3.08. The highest BCUT2D eigenvalue weighted by Gasteiger charge is 2.39. The van der Waals surface area contributed by atoms with Gasteiger partial charge in [0.2, 0.25) is 11.8 Å². The summed E-state index contributed by atoms with van der Waals surface area (Å²) in [5.41, 5.74) is 2.63. The fourth-order valence-corrected chi connectivity index (χ4v) is 4.72. The van der Waals surface area contributed by atoms with Crippen molar-refractivity contribution in [3.63, 3.8) is 0 Å². The zero-order valence-corrected chi connectivity index (χ0v) is 18.9. The number of nitrogens with one attached hydrogen (secondary N) is 1. The number of methoxy groups -OCH3 is 1. The molecule has 0 aromatic heterocycles. The van der Waals surface area contributed by atoms with Gasteiger partial charge in [-0.1, -0.05) is 65.9 Å². The molecule has 1 heterocycles. The molecule has 1 atom stereocenters. The number of aliphatic imine (C=N–C) groups is 1. The van der Waals surface area contributed by atoms with Crippen LogP contribution in [0.1, 0.15) is 12.0 Å². The molecule has 2 amide bonds. The molecule has 1 aliphatic rings. The number of fused-ring (bicyclic) bond motifs is 1. The zero-order valence-electron chi connectivity index (χ0n) is 18.1. The molecule has 1 aliphatic heterocycles. The van der Waals surface area contributed by atoms with Gasteiger partial charge in [0, 0.05) is 24.6 Å². The van der Waals surface area contributed by atoms with Crippen molar-refractivity contribution in [1.82, 2.24) is 4.90 Å². The van der Waals surface area contributed by atoms with Crippen LogP contribution >= 0.6 is 11.8 Å². The summed E-state index contributed by atoms with van der Waals surface area (Å²) in [5, 5.41) is 5.05. The molecular formula is C25H25N3O3S. The molecule has 3 aromatic carbocycles. The number of anilines is 1. The Hall–Kier alpha value is -3.16. The van der Waals surface area contributed by atoms with Crippen molar-refractivity contribution in [3.8, 4) is 0 Å². The molecule has 32 heavy (non-hydrogen) atoms. The lowest BCUT2D eigenvalue weighted by Crippen LogP contribution is -2.35. The highest BCUT2D eigenvalue weighted by atomic mass is 32.2. The number of thioether (sulfide) groups is 1. The highest BCUT2D eigenvalue weighted by Crippen LogP contribution is 2.34. The Labute approximate surface area is 191 Å². The molecule has 1 fully saturated rings. The summed E-state index contributed by atoms with van der Waals surface area (Å²) >= 11 is 1.33. The molecule has 4 rings (SSSR count). The lowest BCUT2D eigenvalue weighted by Gasteiger charge is -2.16. The van der Waals surface area contributed by atoms with E-state index in [4.69, 9.17) is 9.73 Å². The first-order valence-electron chi connectivity index (χ1n) is 10.4. The van der Waals surface area contributed by atoms with Crippen molar-refractivity contribution >= 4 is 50.9 Å². The molecule has 0 aliphatic carbocycles. The number of benzene rings is 3. The maximum Gasteiger partial charge on any atom is 0.242 e. The molecule has 6 nitrogen and oxygen atoms in total. The zero-order chi connectivity index (χ0) is 22.5. The third kappa shape index (κ3) is 5.00. The molecule has 7 heteroatoms. The van der Waals surface area contributed by atoms with Gasteiger partial charge in [0.1, 0.15) is 5.25 Å². The lowest BCUT2D eigenvalue weighted by atomic mass is 10.1. The van der Waals surface area contributed by atoms with E-state index < -0.39 is 5.25 Å². The van der Waals surface area contributed by atoms with E-state index in [0.29, 0.717) is 18.3 Å². The lowest BCUT2D eigenvalue weighted by molar-refractivity contribution is -0.128. The summed E-state index contributed by atoms with van der Waals surface area (Å²) in [5.74, 6) is -0.317. The van der Waals surface area contributed by atoms with Crippen LogP contribution < -0.4 is 5.32 Å². The molecule has 0 bridgehead atoms. The van der Waals surface area contributed by atoms with Gasteiger partial charge < -0.3 is 10.1 Å². The molecular weight excluding hydrogens is 422 g/mol. The van der Waals surface area contributed by atoms with Crippen LogP contribution in [0.2, 0.25) is 0 Å². The Morgan fingerprint density at radius 1 is 1.09 bits per heavy atom. The second-order valence-corrected chi connectivity index (χ2v) is 8.77. The maximum atomic E-state index is 13.1. The van der Waals surface area contributed by atoms with Gasteiger partial charge in [-0.05, 0) is 30.5 Å². The molecule has 0 spiro atoms. The van der Waals surface area contributed by atoms with Gasteiger partial charge in [-0.25, -0.2) is 4.99 Å². The number of hydrogen-bond donors (Lipinski definition) is 1. The predicted molar refractivity (Wildman–Crippen MR) is 130 cm³/mol. The first kappa shape index (κ1) is 22.0. The summed E-state index contributed by atoms with van der Waals surface area (Å²) in [4.78, 5) is 32.1. The van der Waals surface area contributed by atoms with Gasteiger partial charge in [-0.2, -0.15) is 0 Å². The summed E-state index contributed by atoms with van der Waals surface area (Å²) in [7, 11) is 1.60. The van der Waals surface area contributed by atoms with Gasteiger partial charge in [0.05, 0.1) is 18.8 Å².